The molecule has 1 aromatic rings. The highest BCUT2D eigenvalue weighted by Gasteiger charge is 2.18. The van der Waals surface area contributed by atoms with Crippen molar-refractivity contribution in [2.45, 2.75) is 13.3 Å². The molecular weight excluding hydrogens is 270 g/mol. The molecule has 4 N–H and O–H groups in total. The molecule has 10 nitrogen and oxygen atoms in total. The minimum atomic E-state index is -1.24. The summed E-state index contributed by atoms with van der Waals surface area (Å²) in [5.41, 5.74) is 4.94. The molecule has 1 heterocycles. The Kier molecular flexibility index (Phi) is 5.44. The van der Waals surface area contributed by atoms with Crippen LogP contribution in [0.2, 0.25) is 0 Å². The number of primary amides is 1. The minimum Gasteiger partial charge on any atom is -0.480 e. The number of carbonyl (C=O) groups excluding carboxylic acids is 2. The summed E-state index contributed by atoms with van der Waals surface area (Å²) in [7, 11) is 0. The normalized spacial score (nSPS) is 10.1. The van der Waals surface area contributed by atoms with Gasteiger partial charge in [-0.1, -0.05) is 5.16 Å². The van der Waals surface area contributed by atoms with E-state index in [0.29, 0.717) is 18.1 Å². The fourth-order valence-corrected chi connectivity index (χ4v) is 1.38. The van der Waals surface area contributed by atoms with Crippen molar-refractivity contribution in [3.63, 3.8) is 0 Å². The molecule has 0 bridgehead atoms. The molecular formula is C10H15N5O5. The fraction of sp³-hybridized carbons (Fsp3) is 0.500. The first kappa shape index (κ1) is 15.4. The van der Waals surface area contributed by atoms with Gasteiger partial charge in [-0.25, -0.2) is 4.79 Å². The first-order valence-electron chi connectivity index (χ1n) is 5.70. The van der Waals surface area contributed by atoms with Crippen LogP contribution in [-0.4, -0.2) is 57.7 Å². The van der Waals surface area contributed by atoms with Gasteiger partial charge in [0.25, 0.3) is 0 Å². The van der Waals surface area contributed by atoms with Gasteiger partial charge < -0.3 is 25.6 Å². The average molecular weight is 285 g/mol. The Morgan fingerprint density at radius 3 is 2.60 bits per heavy atom. The molecule has 0 unspecified atom stereocenters. The summed E-state index contributed by atoms with van der Waals surface area (Å²) in [5.74, 6) is -1.21. The number of rotatable bonds is 7. The van der Waals surface area contributed by atoms with E-state index in [0.717, 1.165) is 4.90 Å². The predicted molar refractivity (Wildman–Crippen MR) is 64.5 cm³/mol. The number of hydrogen-bond acceptors (Lipinski definition) is 6. The minimum absolute atomic E-state index is 0.162. The SMILES string of the molecule is Cc1noc(CCNC(=O)N(CC(N)=O)CC(=O)O)n1. The lowest BCUT2D eigenvalue weighted by molar-refractivity contribution is -0.137. The number of amides is 3. The van der Waals surface area contributed by atoms with E-state index in [1.54, 1.807) is 6.92 Å². The number of carbonyl (C=O) groups is 3. The summed E-state index contributed by atoms with van der Waals surface area (Å²) in [6, 6.07) is -0.706. The molecule has 0 spiro atoms. The summed E-state index contributed by atoms with van der Waals surface area (Å²) in [5, 5.41) is 14.7. The number of aliphatic carboxylic acids is 1. The van der Waals surface area contributed by atoms with E-state index in [1.807, 2.05) is 0 Å². The van der Waals surface area contributed by atoms with Crippen LogP contribution in [0.15, 0.2) is 4.52 Å². The van der Waals surface area contributed by atoms with E-state index >= 15 is 0 Å². The number of urea groups is 1. The van der Waals surface area contributed by atoms with E-state index in [-0.39, 0.29) is 6.54 Å². The smallest absolute Gasteiger partial charge is 0.323 e. The number of aryl methyl sites for hydroxylation is 1. The lowest BCUT2D eigenvalue weighted by Crippen LogP contribution is -2.47. The quantitative estimate of drug-likeness (QED) is 0.551. The van der Waals surface area contributed by atoms with E-state index in [2.05, 4.69) is 15.5 Å². The molecule has 0 saturated carbocycles. The zero-order chi connectivity index (χ0) is 15.1. The molecule has 0 aromatic carbocycles. The lowest BCUT2D eigenvalue weighted by atomic mass is 10.4. The van der Waals surface area contributed by atoms with Gasteiger partial charge in [-0.05, 0) is 6.92 Å². The molecule has 20 heavy (non-hydrogen) atoms. The molecule has 110 valence electrons. The first-order valence-corrected chi connectivity index (χ1v) is 5.70. The van der Waals surface area contributed by atoms with Crippen LogP contribution in [0.1, 0.15) is 11.7 Å². The Bertz CT molecular complexity index is 484. The van der Waals surface area contributed by atoms with Crippen LogP contribution < -0.4 is 11.1 Å². The maximum Gasteiger partial charge on any atom is 0.323 e. The fourth-order valence-electron chi connectivity index (χ4n) is 1.38. The summed E-state index contributed by atoms with van der Waals surface area (Å²) in [6.45, 7) is 0.731. The van der Waals surface area contributed by atoms with Crippen LogP contribution in [0.4, 0.5) is 4.79 Å². The van der Waals surface area contributed by atoms with Gasteiger partial charge in [-0.2, -0.15) is 4.98 Å². The van der Waals surface area contributed by atoms with Gasteiger partial charge in [0, 0.05) is 13.0 Å². The Hall–Kier alpha value is -2.65. The average Bonchev–Trinajstić information content (AvgIpc) is 2.73. The van der Waals surface area contributed by atoms with Gasteiger partial charge in [0.1, 0.15) is 13.1 Å². The molecule has 3 amide bonds. The molecule has 0 aliphatic carbocycles. The predicted octanol–water partition coefficient (Wildman–Crippen LogP) is -1.50. The maximum atomic E-state index is 11.7. The van der Waals surface area contributed by atoms with Gasteiger partial charge in [0.05, 0.1) is 0 Å². The Labute approximate surface area is 113 Å². The molecule has 10 heteroatoms. The summed E-state index contributed by atoms with van der Waals surface area (Å²) >= 11 is 0. The van der Waals surface area contributed by atoms with Crippen molar-refractivity contribution in [2.75, 3.05) is 19.6 Å². The van der Waals surface area contributed by atoms with E-state index in [1.165, 1.54) is 0 Å². The van der Waals surface area contributed by atoms with Gasteiger partial charge in [0.15, 0.2) is 5.82 Å². The third-order valence-corrected chi connectivity index (χ3v) is 2.14. The maximum absolute atomic E-state index is 11.7. The second-order valence-corrected chi connectivity index (χ2v) is 3.93. The van der Waals surface area contributed by atoms with E-state index in [4.69, 9.17) is 15.4 Å². The van der Waals surface area contributed by atoms with Gasteiger partial charge >= 0.3 is 12.0 Å². The molecule has 1 aromatic heterocycles. The first-order chi connectivity index (χ1) is 9.38. The Morgan fingerprint density at radius 2 is 2.10 bits per heavy atom. The van der Waals surface area contributed by atoms with Crippen LogP contribution in [0.25, 0.3) is 0 Å². The Balaban J connectivity index is 2.44. The number of nitrogens with two attached hydrogens (primary N) is 1. The molecule has 0 fully saturated rings. The van der Waals surface area contributed by atoms with Crippen molar-refractivity contribution in [3.05, 3.63) is 11.7 Å². The van der Waals surface area contributed by atoms with Crippen LogP contribution in [0.3, 0.4) is 0 Å². The third kappa shape index (κ3) is 5.33. The van der Waals surface area contributed by atoms with Crippen molar-refractivity contribution in [2.24, 2.45) is 5.73 Å². The van der Waals surface area contributed by atoms with Crippen LogP contribution >= 0.6 is 0 Å². The molecule has 1 rings (SSSR count). The highest BCUT2D eigenvalue weighted by molar-refractivity contribution is 5.85. The third-order valence-electron chi connectivity index (χ3n) is 2.14. The summed E-state index contributed by atoms with van der Waals surface area (Å²) in [6.07, 6.45) is 0.296. The van der Waals surface area contributed by atoms with Crippen LogP contribution in [-0.2, 0) is 16.0 Å². The van der Waals surface area contributed by atoms with Crippen molar-refractivity contribution in [1.82, 2.24) is 20.4 Å². The number of aromatic nitrogens is 2. The largest absolute Gasteiger partial charge is 0.480 e. The molecule has 0 aliphatic rings. The highest BCUT2D eigenvalue weighted by Crippen LogP contribution is 1.96. The number of nitrogens with zero attached hydrogens (tertiary/aromatic N) is 3. The zero-order valence-corrected chi connectivity index (χ0v) is 10.8. The van der Waals surface area contributed by atoms with E-state index in [9.17, 15) is 14.4 Å². The van der Waals surface area contributed by atoms with E-state index < -0.39 is 31.0 Å². The zero-order valence-electron chi connectivity index (χ0n) is 10.8. The lowest BCUT2D eigenvalue weighted by Gasteiger charge is -2.19. The highest BCUT2D eigenvalue weighted by atomic mass is 16.5. The van der Waals surface area contributed by atoms with Crippen LogP contribution in [0.5, 0.6) is 0 Å². The second-order valence-electron chi connectivity index (χ2n) is 3.93. The molecule has 0 atom stereocenters. The van der Waals surface area contributed by atoms with Gasteiger partial charge in [-0.3, -0.25) is 9.59 Å². The topological polar surface area (TPSA) is 152 Å². The Morgan fingerprint density at radius 1 is 1.40 bits per heavy atom. The number of hydrogen-bond donors (Lipinski definition) is 3. The second kappa shape index (κ2) is 7.07. The molecule has 0 aliphatic heterocycles. The standard InChI is InChI=1S/C10H15N5O5/c1-6-13-8(20-14-6)2-3-12-10(19)15(4-7(11)16)5-9(17)18/h2-5H2,1H3,(H2,11,16)(H,12,19)(H,17,18). The summed E-state index contributed by atoms with van der Waals surface area (Å²) in [4.78, 5) is 37.8. The van der Waals surface area contributed by atoms with Crippen molar-refractivity contribution in [1.29, 1.82) is 0 Å². The van der Waals surface area contributed by atoms with Crippen molar-refractivity contribution in [3.8, 4) is 0 Å². The number of carboxylic acid groups (broad SMARTS) is 1. The molecule has 0 radical (unpaired) electrons. The van der Waals surface area contributed by atoms with Crippen molar-refractivity contribution < 1.29 is 24.0 Å². The number of nitrogens with one attached hydrogen (secondary N) is 1. The monoisotopic (exact) mass is 285 g/mol. The van der Waals surface area contributed by atoms with Gasteiger partial charge in [-0.15, -0.1) is 0 Å². The summed E-state index contributed by atoms with van der Waals surface area (Å²) < 4.78 is 4.84. The van der Waals surface area contributed by atoms with Crippen molar-refractivity contribution >= 4 is 17.9 Å². The molecule has 0 saturated heterocycles. The van der Waals surface area contributed by atoms with Crippen LogP contribution in [0, 0.1) is 6.92 Å². The number of carboxylic acids is 1. The van der Waals surface area contributed by atoms with Gasteiger partial charge in [0.2, 0.25) is 11.8 Å².